The van der Waals surface area contributed by atoms with Crippen LogP contribution in [0.5, 0.6) is 0 Å². The number of nitrogens with one attached hydrogen (secondary N) is 2. The number of aliphatic hydroxyl groups excluding tert-OH is 10. The van der Waals surface area contributed by atoms with E-state index in [4.69, 9.17) is 37.9 Å². The molecule has 4 rings (SSSR count). The van der Waals surface area contributed by atoms with Crippen LogP contribution in [0, 0.1) is 0 Å². The Labute approximate surface area is 346 Å². The van der Waals surface area contributed by atoms with E-state index in [1.165, 1.54) is 6.92 Å². The summed E-state index contributed by atoms with van der Waals surface area (Å²) in [5.74, 6) is -6.92. The lowest BCUT2D eigenvalue weighted by molar-refractivity contribution is -0.390. The van der Waals surface area contributed by atoms with E-state index in [9.17, 15) is 83.5 Å². The van der Waals surface area contributed by atoms with Gasteiger partial charge in [0.15, 0.2) is 18.9 Å². The molecule has 21 atom stereocenters. The van der Waals surface area contributed by atoms with E-state index < -0.39 is 183 Å². The largest absolute Gasteiger partial charge is 0.477 e. The first-order valence-electron chi connectivity index (χ1n) is 18.6. The van der Waals surface area contributed by atoms with Crippen molar-refractivity contribution < 1.29 is 126 Å². The third-order valence-corrected chi connectivity index (χ3v) is 10.8. The van der Waals surface area contributed by atoms with Crippen molar-refractivity contribution in [2.45, 2.75) is 155 Å². The van der Waals surface area contributed by atoms with Gasteiger partial charge in [0.05, 0.1) is 38.1 Å². The Kier molecular flexibility index (Phi) is 17.7. The van der Waals surface area contributed by atoms with Gasteiger partial charge < -0.3 is 105 Å². The summed E-state index contributed by atoms with van der Waals surface area (Å²) >= 11 is 0. The van der Waals surface area contributed by atoms with E-state index >= 15 is 0 Å². The summed E-state index contributed by atoms with van der Waals surface area (Å²) in [6.45, 7) is -0.0536. The Balaban J connectivity index is 1.79. The second-order valence-electron chi connectivity index (χ2n) is 14.8. The minimum atomic E-state index is -5.31. The Hall–Kier alpha value is -2.44. The maximum Gasteiger partial charge on any atom is 0.397 e. The fourth-order valence-electron chi connectivity index (χ4n) is 7.31. The van der Waals surface area contributed by atoms with Crippen molar-refractivity contribution in [3.05, 3.63) is 0 Å². The molecule has 0 aliphatic carbocycles. The minimum absolute atomic E-state index is 0.739. The summed E-state index contributed by atoms with van der Waals surface area (Å²) in [7, 11) is -4.18. The number of methoxy groups -OCH3 is 1. The Morgan fingerprint density at radius 1 is 0.787 bits per heavy atom. The molecule has 354 valence electrons. The number of rotatable bonds is 17. The predicted molar refractivity (Wildman–Crippen MR) is 188 cm³/mol. The fraction of sp³-hybridized carbons (Fsp3) is 0.906. The predicted octanol–water partition coefficient (Wildman–Crippen LogP) is -8.75. The zero-order valence-electron chi connectivity index (χ0n) is 32.9. The molecule has 0 bridgehead atoms. The third-order valence-electron chi connectivity index (χ3n) is 10.4. The summed E-state index contributed by atoms with van der Waals surface area (Å²) in [6, 6.07) is -3.16. The number of aliphatic hydroxyl groups is 10. The molecule has 0 aromatic carbocycles. The van der Waals surface area contributed by atoms with E-state index in [1.54, 1.807) is 0 Å². The van der Waals surface area contributed by atoms with Gasteiger partial charge >= 0.3 is 16.4 Å². The van der Waals surface area contributed by atoms with Crippen LogP contribution in [-0.4, -0.2) is 242 Å². The van der Waals surface area contributed by atoms with Crippen molar-refractivity contribution in [1.82, 2.24) is 10.6 Å². The number of carboxylic acid groups (broad SMARTS) is 1. The van der Waals surface area contributed by atoms with E-state index in [0.29, 0.717) is 0 Å². The van der Waals surface area contributed by atoms with Crippen LogP contribution in [0.4, 0.5) is 0 Å². The monoisotopic (exact) mass is 914 g/mol. The van der Waals surface area contributed by atoms with Crippen LogP contribution in [0.2, 0.25) is 0 Å². The highest BCUT2D eigenvalue weighted by atomic mass is 32.3. The number of aliphatic carboxylic acids is 1. The summed E-state index contributed by atoms with van der Waals surface area (Å²) in [4.78, 5) is 37.4. The second kappa shape index (κ2) is 21.0. The lowest BCUT2D eigenvalue weighted by Gasteiger charge is -2.51. The number of hydrogen-bond donors (Lipinski definition) is 14. The maximum atomic E-state index is 13.0. The van der Waals surface area contributed by atoms with Crippen molar-refractivity contribution >= 4 is 28.2 Å². The van der Waals surface area contributed by atoms with Gasteiger partial charge in [-0.1, -0.05) is 0 Å². The number of ether oxygens (including phenoxy) is 8. The molecular weight excluding hydrogens is 860 g/mol. The highest BCUT2D eigenvalue weighted by Crippen LogP contribution is 2.39. The van der Waals surface area contributed by atoms with Crippen LogP contribution in [0.1, 0.15) is 27.2 Å². The normalized spacial score (nSPS) is 43.2. The van der Waals surface area contributed by atoms with Gasteiger partial charge in [-0.25, -0.2) is 8.98 Å². The lowest BCUT2D eigenvalue weighted by Crippen LogP contribution is -2.71. The molecule has 0 unspecified atom stereocenters. The van der Waals surface area contributed by atoms with Gasteiger partial charge in [-0.2, -0.15) is 8.42 Å². The van der Waals surface area contributed by atoms with Gasteiger partial charge in [0.1, 0.15) is 85.4 Å². The molecule has 4 saturated heterocycles. The first-order chi connectivity index (χ1) is 28.4. The minimum Gasteiger partial charge on any atom is -0.477 e. The highest BCUT2D eigenvalue weighted by Gasteiger charge is 2.61. The van der Waals surface area contributed by atoms with E-state index in [1.807, 2.05) is 0 Å². The molecule has 28 nitrogen and oxygen atoms in total. The molecule has 2 amide bonds. The zero-order valence-corrected chi connectivity index (χ0v) is 33.7. The molecule has 0 spiro atoms. The number of carbonyl (C=O) groups excluding carboxylic acids is 2. The molecule has 4 aliphatic rings. The number of carboxylic acids is 1. The number of carbonyl (C=O) groups is 3. The Bertz CT molecular complexity index is 1600. The average Bonchev–Trinajstić information content (AvgIpc) is 3.18. The van der Waals surface area contributed by atoms with Crippen molar-refractivity contribution in [1.29, 1.82) is 0 Å². The zero-order chi connectivity index (χ0) is 45.9. The molecule has 0 radical (unpaired) electrons. The SMILES string of the molecule is CO[C@@H]1O[C@H](CO)[C@@H](O[C@@H]2O[C@H](COS(=O)(=O)O)[C@H](O)[C@H](O[C@]3(C(=O)O)C[C@H](O)[C@@H](NC(C)=O)[C@H]([C@H](O)[C@H](O)CO)O3)[C@H]2O)[C@H](O[C@@H]2O[C@@H](C)[C@@H](O)[C@@H](O)[C@@H]2O)[C@H]1NC(C)=O. The second-order valence-corrected chi connectivity index (χ2v) is 15.9. The molecule has 61 heavy (non-hydrogen) atoms. The van der Waals surface area contributed by atoms with Crippen molar-refractivity contribution in [3.8, 4) is 0 Å². The van der Waals surface area contributed by atoms with E-state index in [0.717, 1.165) is 21.0 Å². The Morgan fingerprint density at radius 3 is 1.90 bits per heavy atom. The van der Waals surface area contributed by atoms with Crippen LogP contribution >= 0.6 is 0 Å². The molecule has 4 fully saturated rings. The van der Waals surface area contributed by atoms with E-state index in [-0.39, 0.29) is 0 Å². The molecule has 4 aliphatic heterocycles. The first-order valence-corrected chi connectivity index (χ1v) is 20.0. The van der Waals surface area contributed by atoms with Crippen molar-refractivity contribution in [2.75, 3.05) is 26.9 Å². The maximum absolute atomic E-state index is 13.0. The van der Waals surface area contributed by atoms with Crippen molar-refractivity contribution in [2.24, 2.45) is 0 Å². The number of amides is 2. The topological polar surface area (TPSA) is 435 Å². The molecule has 0 aromatic rings. The lowest BCUT2D eigenvalue weighted by atomic mass is 9.88. The Morgan fingerprint density at radius 2 is 1.36 bits per heavy atom. The molecular formula is C32H54N2O26S. The van der Waals surface area contributed by atoms with Crippen LogP contribution < -0.4 is 10.6 Å². The smallest absolute Gasteiger partial charge is 0.397 e. The van der Waals surface area contributed by atoms with Crippen LogP contribution in [-0.2, 0) is 66.9 Å². The molecule has 0 aromatic heterocycles. The van der Waals surface area contributed by atoms with Gasteiger partial charge in [-0.3, -0.25) is 14.1 Å². The fourth-order valence-corrected chi connectivity index (χ4v) is 7.62. The van der Waals surface area contributed by atoms with Gasteiger partial charge in [-0.05, 0) is 6.92 Å². The highest BCUT2D eigenvalue weighted by molar-refractivity contribution is 7.80. The van der Waals surface area contributed by atoms with Crippen LogP contribution in [0.3, 0.4) is 0 Å². The quantitative estimate of drug-likeness (QED) is 0.0603. The molecule has 0 saturated carbocycles. The first kappa shape index (κ1) is 51.2. The third kappa shape index (κ3) is 11.8. The van der Waals surface area contributed by atoms with Gasteiger partial charge in [0.25, 0.3) is 5.79 Å². The van der Waals surface area contributed by atoms with Gasteiger partial charge in [0.2, 0.25) is 11.8 Å². The summed E-state index contributed by atoms with van der Waals surface area (Å²) in [5, 5.41) is 122. The van der Waals surface area contributed by atoms with Crippen LogP contribution in [0.15, 0.2) is 0 Å². The summed E-state index contributed by atoms with van der Waals surface area (Å²) < 4.78 is 82.5. The van der Waals surface area contributed by atoms with Gasteiger partial charge in [-0.15, -0.1) is 0 Å². The van der Waals surface area contributed by atoms with Crippen LogP contribution in [0.25, 0.3) is 0 Å². The standard InChI is InChI=1S/C32H54N2O26S/c1-9-18(41)21(44)22(45)29(54-9)58-26-17(34-11(3)38)28(52-4)55-14(7-36)24(26)57-30-23(46)27(20(43)15(56-30)8-53-61(49,50)51)60-32(31(47)48)5-12(39)16(33-10(2)37)25(59-32)19(42)13(40)6-35/h9,12-30,35-36,39-46H,5-8H2,1-4H3,(H,33,37)(H,34,38)(H,47,48)(H,49,50,51)/t9-,12-,13+,14+,15+,16+,17+,18+,19+,20-,21+,22-,23+,24+,25+,26+,27-,28+,29-,30-,32-/m0/s1. The summed E-state index contributed by atoms with van der Waals surface area (Å²) in [6.07, 6.45) is -36.3. The number of hydrogen-bond acceptors (Lipinski definition) is 24. The van der Waals surface area contributed by atoms with Crippen molar-refractivity contribution in [3.63, 3.8) is 0 Å². The van der Waals surface area contributed by atoms with Gasteiger partial charge in [0, 0.05) is 27.4 Å². The summed E-state index contributed by atoms with van der Waals surface area (Å²) in [5.41, 5.74) is 0. The molecule has 29 heteroatoms. The van der Waals surface area contributed by atoms with E-state index in [2.05, 4.69) is 14.8 Å². The molecule has 14 N–H and O–H groups in total. The molecule has 4 heterocycles. The average molecular weight is 915 g/mol.